The molecular weight excluding hydrogens is 438 g/mol. The number of nitrogens with zero attached hydrogens (tertiary/aromatic N) is 6. The van der Waals surface area contributed by atoms with Crippen LogP contribution in [0.2, 0.25) is 0 Å². The topological polar surface area (TPSA) is 84.6 Å². The van der Waals surface area contributed by atoms with Gasteiger partial charge in [-0.2, -0.15) is 10.2 Å². The van der Waals surface area contributed by atoms with E-state index in [0.29, 0.717) is 0 Å². The van der Waals surface area contributed by atoms with E-state index in [1.807, 2.05) is 29.0 Å². The summed E-state index contributed by atoms with van der Waals surface area (Å²) in [5.74, 6) is 1.37. The number of nitrogens with one attached hydrogen (secondary N) is 1. The first-order valence-electron chi connectivity index (χ1n) is 12.0. The summed E-state index contributed by atoms with van der Waals surface area (Å²) < 4.78 is 4.19. The smallest absolute Gasteiger partial charge is 0.245 e. The summed E-state index contributed by atoms with van der Waals surface area (Å²) in [6.07, 6.45) is 7.02. The summed E-state index contributed by atoms with van der Waals surface area (Å²) in [5, 5.41) is 18.8. The molecule has 0 radical (unpaired) electrons. The van der Waals surface area contributed by atoms with Crippen molar-refractivity contribution in [2.45, 2.75) is 18.8 Å². The van der Waals surface area contributed by atoms with E-state index in [4.69, 9.17) is 4.98 Å². The van der Waals surface area contributed by atoms with Crippen molar-refractivity contribution in [3.8, 4) is 0 Å². The zero-order chi connectivity index (χ0) is 23.8. The van der Waals surface area contributed by atoms with Gasteiger partial charge in [-0.05, 0) is 47.9 Å². The van der Waals surface area contributed by atoms with Gasteiger partial charge in [0.05, 0.1) is 34.5 Å². The van der Waals surface area contributed by atoms with E-state index in [1.54, 1.807) is 0 Å². The number of hydrogen-bond donors (Lipinski definition) is 1. The van der Waals surface area contributed by atoms with Crippen molar-refractivity contribution < 1.29 is 4.79 Å². The maximum atomic E-state index is 12.1. The molecule has 1 saturated heterocycles. The molecule has 7 rings (SSSR count). The minimum atomic E-state index is 0.00739. The predicted molar refractivity (Wildman–Crippen MR) is 138 cm³/mol. The Morgan fingerprint density at radius 1 is 1.09 bits per heavy atom. The van der Waals surface area contributed by atoms with Gasteiger partial charge in [-0.15, -0.1) is 0 Å². The van der Waals surface area contributed by atoms with Gasteiger partial charge < -0.3 is 9.47 Å². The van der Waals surface area contributed by atoms with Crippen LogP contribution in [0.5, 0.6) is 0 Å². The molecule has 1 N–H and O–H groups in total. The maximum absolute atomic E-state index is 12.1. The molecule has 1 fully saturated rings. The number of aryl methyl sites for hydroxylation is 2. The molecule has 1 amide bonds. The molecule has 174 valence electrons. The summed E-state index contributed by atoms with van der Waals surface area (Å²) in [6, 6.07) is 8.75. The number of rotatable bonds is 2. The fourth-order valence-electron chi connectivity index (χ4n) is 5.96. The Morgan fingerprint density at radius 2 is 1.91 bits per heavy atom. The average Bonchev–Trinajstić information content (AvgIpc) is 3.60. The highest BCUT2D eigenvalue weighted by Crippen LogP contribution is 2.41. The van der Waals surface area contributed by atoms with Crippen molar-refractivity contribution in [2.75, 3.05) is 13.1 Å². The van der Waals surface area contributed by atoms with Crippen molar-refractivity contribution in [1.82, 2.24) is 34.4 Å². The lowest BCUT2D eigenvalue weighted by Crippen LogP contribution is -2.37. The fourth-order valence-corrected chi connectivity index (χ4v) is 5.96. The highest BCUT2D eigenvalue weighted by Gasteiger charge is 2.28. The van der Waals surface area contributed by atoms with Gasteiger partial charge in [-0.1, -0.05) is 12.6 Å². The van der Waals surface area contributed by atoms with Crippen LogP contribution < -0.4 is 0 Å². The van der Waals surface area contributed by atoms with Gasteiger partial charge >= 0.3 is 0 Å². The second-order valence-corrected chi connectivity index (χ2v) is 9.57. The van der Waals surface area contributed by atoms with Gasteiger partial charge in [0.25, 0.3) is 0 Å². The van der Waals surface area contributed by atoms with Crippen LogP contribution in [0.1, 0.15) is 24.6 Å². The zero-order valence-corrected chi connectivity index (χ0v) is 19.7. The molecular formula is C27H25N7O. The monoisotopic (exact) mass is 463 g/mol. The van der Waals surface area contributed by atoms with Crippen LogP contribution in [0.4, 0.5) is 0 Å². The van der Waals surface area contributed by atoms with Crippen LogP contribution in [-0.4, -0.2) is 53.4 Å². The minimum Gasteiger partial charge on any atom is -0.339 e. The Labute approximate surface area is 200 Å². The van der Waals surface area contributed by atoms with Gasteiger partial charge in [-0.25, -0.2) is 4.98 Å². The van der Waals surface area contributed by atoms with E-state index in [-0.39, 0.29) is 11.8 Å². The Kier molecular flexibility index (Phi) is 4.13. The molecule has 0 bridgehead atoms. The van der Waals surface area contributed by atoms with E-state index in [1.165, 1.54) is 22.2 Å². The average molecular weight is 464 g/mol. The number of likely N-dealkylation sites (tertiary alicyclic amines) is 1. The number of amides is 1. The number of piperidine rings is 1. The highest BCUT2D eigenvalue weighted by molar-refractivity contribution is 6.30. The molecule has 0 saturated carbocycles. The number of benzene rings is 3. The number of carbonyl (C=O) groups is 1. The van der Waals surface area contributed by atoms with Crippen LogP contribution in [0.25, 0.3) is 54.4 Å². The third-order valence-corrected chi connectivity index (χ3v) is 7.77. The number of hydrogen-bond acceptors (Lipinski definition) is 4. The third kappa shape index (κ3) is 2.73. The Balaban J connectivity index is 1.54. The van der Waals surface area contributed by atoms with Crippen LogP contribution >= 0.6 is 0 Å². The molecule has 0 aliphatic carbocycles. The Morgan fingerprint density at radius 3 is 2.71 bits per heavy atom. The quantitative estimate of drug-likeness (QED) is 0.302. The normalized spacial score (nSPS) is 15.3. The van der Waals surface area contributed by atoms with E-state index >= 15 is 0 Å². The fraction of sp³-hybridized carbons (Fsp3) is 0.259. The molecule has 8 heteroatoms. The molecule has 1 aliphatic heterocycles. The van der Waals surface area contributed by atoms with Crippen molar-refractivity contribution in [3.05, 3.63) is 55.1 Å². The lowest BCUT2D eigenvalue weighted by atomic mass is 9.96. The van der Waals surface area contributed by atoms with E-state index in [2.05, 4.69) is 57.8 Å². The summed E-state index contributed by atoms with van der Waals surface area (Å²) >= 11 is 0. The van der Waals surface area contributed by atoms with E-state index in [9.17, 15) is 4.79 Å². The molecule has 3 aromatic heterocycles. The van der Waals surface area contributed by atoms with Crippen LogP contribution in [0.3, 0.4) is 0 Å². The molecule has 0 atom stereocenters. The van der Waals surface area contributed by atoms with Gasteiger partial charge in [-0.3, -0.25) is 14.6 Å². The second kappa shape index (κ2) is 7.15. The summed E-state index contributed by atoms with van der Waals surface area (Å²) in [5.41, 5.74) is 4.23. The molecule has 0 spiro atoms. The van der Waals surface area contributed by atoms with Crippen LogP contribution in [-0.2, 0) is 18.9 Å². The van der Waals surface area contributed by atoms with Gasteiger partial charge in [0.2, 0.25) is 5.91 Å². The predicted octanol–water partition coefficient (Wildman–Crippen LogP) is 4.53. The first-order chi connectivity index (χ1) is 17.0. The second-order valence-electron chi connectivity index (χ2n) is 9.57. The van der Waals surface area contributed by atoms with Crippen molar-refractivity contribution >= 4 is 60.3 Å². The van der Waals surface area contributed by atoms with Gasteiger partial charge in [0.1, 0.15) is 5.82 Å². The first kappa shape index (κ1) is 20.2. The largest absolute Gasteiger partial charge is 0.339 e. The number of H-pyrrole nitrogens is 1. The molecule has 0 unspecified atom stereocenters. The van der Waals surface area contributed by atoms with Gasteiger partial charge in [0, 0.05) is 54.6 Å². The van der Waals surface area contributed by atoms with Crippen LogP contribution in [0, 0.1) is 0 Å². The summed E-state index contributed by atoms with van der Waals surface area (Å²) in [6.45, 7) is 5.08. The number of imidazole rings is 1. The lowest BCUT2D eigenvalue weighted by Gasteiger charge is -2.31. The minimum absolute atomic E-state index is 0.00739. The number of aromatic amines is 1. The maximum Gasteiger partial charge on any atom is 0.245 e. The van der Waals surface area contributed by atoms with Crippen molar-refractivity contribution in [1.29, 1.82) is 0 Å². The van der Waals surface area contributed by atoms with Crippen LogP contribution in [0.15, 0.2) is 49.3 Å². The molecule has 6 aromatic rings. The van der Waals surface area contributed by atoms with Gasteiger partial charge in [0.15, 0.2) is 0 Å². The number of fused-ring (bicyclic) bond motifs is 9. The Hall–Kier alpha value is -4.20. The summed E-state index contributed by atoms with van der Waals surface area (Å²) in [4.78, 5) is 19.3. The molecule has 1 aliphatic rings. The standard InChI is InChI=1S/C27H25N7O/c1-4-23(35)34-9-7-15(8-10-34)27-30-25-19-12-22-16(13-29-33(22)3)11-18(19)17-5-6-21-20(14-28-31-21)24(17)26(25)32(27)2/h4-6,11-15H,1,7-10H2,2-3H3,(H,28,31). The highest BCUT2D eigenvalue weighted by atomic mass is 16.2. The van der Waals surface area contributed by atoms with E-state index < -0.39 is 0 Å². The lowest BCUT2D eigenvalue weighted by molar-refractivity contribution is -0.127. The van der Waals surface area contributed by atoms with Crippen molar-refractivity contribution in [3.63, 3.8) is 0 Å². The SMILES string of the molecule is C=CC(=O)N1CCC(c2nc3c4cc5c(cnn5C)cc4c4ccc5[nH]ncc5c4c3n2C)CC1. The van der Waals surface area contributed by atoms with Crippen molar-refractivity contribution in [2.24, 2.45) is 14.1 Å². The summed E-state index contributed by atoms with van der Waals surface area (Å²) in [7, 11) is 4.10. The van der Waals surface area contributed by atoms with E-state index in [0.717, 1.165) is 70.0 Å². The Bertz CT molecular complexity index is 1830. The zero-order valence-electron chi connectivity index (χ0n) is 19.7. The molecule has 3 aromatic carbocycles. The number of aromatic nitrogens is 6. The molecule has 8 nitrogen and oxygen atoms in total. The molecule has 4 heterocycles. The first-order valence-corrected chi connectivity index (χ1v) is 12.0. The third-order valence-electron chi connectivity index (χ3n) is 7.77. The molecule has 35 heavy (non-hydrogen) atoms. The number of carbonyl (C=O) groups excluding carboxylic acids is 1.